The van der Waals surface area contributed by atoms with Crippen LogP contribution in [-0.2, 0) is 9.59 Å². The largest absolute Gasteiger partial charge is 0.295 e. The van der Waals surface area contributed by atoms with Gasteiger partial charge in [-0.1, -0.05) is 102 Å². The molecule has 0 bridgehead atoms. The van der Waals surface area contributed by atoms with E-state index in [0.29, 0.717) is 37.6 Å². The number of hydrogen-bond donors (Lipinski definition) is 0. The summed E-state index contributed by atoms with van der Waals surface area (Å²) in [6.07, 6.45) is 20.4. The van der Waals surface area contributed by atoms with Crippen molar-refractivity contribution in [3.05, 3.63) is 48.8 Å². The lowest BCUT2D eigenvalue weighted by atomic mass is 9.90. The van der Waals surface area contributed by atoms with Crippen molar-refractivity contribution in [1.29, 1.82) is 0 Å². The molecule has 0 spiro atoms. The molecule has 2 aliphatic rings. The highest BCUT2D eigenvalue weighted by Crippen LogP contribution is 2.46. The van der Waals surface area contributed by atoms with E-state index in [9.17, 15) is 9.59 Å². The first kappa shape index (κ1) is 39.8. The molecule has 0 saturated carbocycles. The molecule has 0 unspecified atom stereocenters. The minimum Gasteiger partial charge on any atom is -0.295 e. The maximum atomic E-state index is 13.3. The van der Waals surface area contributed by atoms with Crippen molar-refractivity contribution in [3.63, 3.8) is 0 Å². The fourth-order valence-corrected chi connectivity index (χ4v) is 9.36. The number of alkyl halides is 6. The zero-order valence-corrected chi connectivity index (χ0v) is 32.1. The zero-order chi connectivity index (χ0) is 34.6. The van der Waals surface area contributed by atoms with Gasteiger partial charge in [0.15, 0.2) is 0 Å². The number of anilines is 2. The quantitative estimate of drug-likeness (QED) is 0.0935. The number of rotatable bonds is 21. The molecular formula is C36H48Cl6N4O2. The number of aromatic nitrogens is 2. The van der Waals surface area contributed by atoms with E-state index in [0.717, 1.165) is 38.5 Å². The normalized spacial score (nSPS) is 24.5. The van der Waals surface area contributed by atoms with Gasteiger partial charge in [0.05, 0.1) is 0 Å². The summed E-state index contributed by atoms with van der Waals surface area (Å²) in [5, 5.41) is 0. The molecule has 4 heterocycles. The fourth-order valence-electron chi connectivity index (χ4n) is 7.07. The summed E-state index contributed by atoms with van der Waals surface area (Å²) in [5.74, 6) is 0.187. The lowest BCUT2D eigenvalue weighted by molar-refractivity contribution is -0.120. The van der Waals surface area contributed by atoms with E-state index in [2.05, 4.69) is 9.97 Å². The van der Waals surface area contributed by atoms with Crippen molar-refractivity contribution < 1.29 is 9.59 Å². The van der Waals surface area contributed by atoms with Crippen LogP contribution < -0.4 is 9.80 Å². The van der Waals surface area contributed by atoms with Crippen LogP contribution in [-0.4, -0.2) is 54.3 Å². The molecule has 2 aromatic heterocycles. The molecule has 6 nitrogen and oxygen atoms in total. The van der Waals surface area contributed by atoms with Crippen molar-refractivity contribution in [2.45, 2.75) is 122 Å². The zero-order valence-electron chi connectivity index (χ0n) is 27.5. The summed E-state index contributed by atoms with van der Waals surface area (Å²) < 4.78 is 0. The molecule has 2 amide bonds. The summed E-state index contributed by atoms with van der Waals surface area (Å²) in [7, 11) is 0. The van der Waals surface area contributed by atoms with E-state index in [4.69, 9.17) is 69.6 Å². The third-order valence-electron chi connectivity index (χ3n) is 9.93. The Hall–Kier alpha value is -1.02. The smallest absolute Gasteiger partial charge is 0.249 e. The summed E-state index contributed by atoms with van der Waals surface area (Å²) in [4.78, 5) is 34.8. The first-order chi connectivity index (χ1) is 23.1. The number of halogens is 6. The molecule has 266 valence electrons. The third-order valence-corrected chi connectivity index (χ3v) is 12.4. The standard InChI is InChI=1S/C36H48Cl6N4O2/c37-31(38)27-25-45(29-19-13-17-23-43-29)33(47)35(27,41)21-15-11-9-7-5-3-1-2-4-6-8-10-12-16-22-36(42)28(32(39)40)26-46(34(36)48)30-20-14-18-24-44-30/h13-14,17-20,23-24,27-28,31-32H,1-12,15-16,21-22,25-26H2/t27-,28-,35+,36+/m0/s1. The highest BCUT2D eigenvalue weighted by Gasteiger charge is 2.56. The first-order valence-electron chi connectivity index (χ1n) is 17.5. The Balaban J connectivity index is 1.01. The van der Waals surface area contributed by atoms with E-state index in [-0.39, 0.29) is 23.7 Å². The van der Waals surface area contributed by atoms with Gasteiger partial charge in [0.1, 0.15) is 31.1 Å². The minimum absolute atomic E-state index is 0.151. The maximum absolute atomic E-state index is 13.3. The Kier molecular flexibility index (Phi) is 16.2. The van der Waals surface area contributed by atoms with Gasteiger partial charge in [-0.25, -0.2) is 9.97 Å². The maximum Gasteiger partial charge on any atom is 0.249 e. The molecule has 0 N–H and O–H groups in total. The monoisotopic (exact) mass is 778 g/mol. The molecule has 4 atom stereocenters. The minimum atomic E-state index is -1.09. The topological polar surface area (TPSA) is 66.4 Å². The van der Waals surface area contributed by atoms with Crippen LogP contribution in [0, 0.1) is 11.8 Å². The second-order valence-electron chi connectivity index (χ2n) is 13.3. The third kappa shape index (κ3) is 10.3. The van der Waals surface area contributed by atoms with E-state index >= 15 is 0 Å². The molecule has 2 saturated heterocycles. The van der Waals surface area contributed by atoms with Gasteiger partial charge in [-0.3, -0.25) is 19.4 Å². The SMILES string of the molecule is O=C1N(c2ccccn2)C[C@@H](C(Cl)Cl)[C@]1(Cl)CCCCCCCCCCCCCCCC[C@]1(Cl)C(=O)N(c2ccccn2)C[C@H]1C(Cl)Cl. The predicted octanol–water partition coefficient (Wildman–Crippen LogP) is 10.9. The molecule has 48 heavy (non-hydrogen) atoms. The number of hydrogen-bond acceptors (Lipinski definition) is 4. The van der Waals surface area contributed by atoms with Gasteiger partial charge in [-0.15, -0.1) is 69.6 Å². The second-order valence-corrected chi connectivity index (χ2v) is 16.9. The van der Waals surface area contributed by atoms with Crippen LogP contribution >= 0.6 is 69.6 Å². The van der Waals surface area contributed by atoms with Crippen molar-refractivity contribution in [1.82, 2.24) is 9.97 Å². The van der Waals surface area contributed by atoms with Crippen molar-refractivity contribution in [2.75, 3.05) is 22.9 Å². The Morgan fingerprint density at radius 3 is 1.15 bits per heavy atom. The van der Waals surface area contributed by atoms with Crippen LogP contribution in [0.1, 0.15) is 103 Å². The predicted molar refractivity (Wildman–Crippen MR) is 202 cm³/mol. The average molecular weight is 782 g/mol. The molecule has 2 aromatic rings. The van der Waals surface area contributed by atoms with Crippen LogP contribution in [0.15, 0.2) is 48.8 Å². The van der Waals surface area contributed by atoms with Crippen molar-refractivity contribution in [3.8, 4) is 0 Å². The van der Waals surface area contributed by atoms with E-state index < -0.39 is 19.4 Å². The average Bonchev–Trinajstić information content (AvgIpc) is 3.50. The number of nitrogens with zero attached hydrogens (tertiary/aromatic N) is 4. The highest BCUT2D eigenvalue weighted by atomic mass is 35.5. The van der Waals surface area contributed by atoms with Gasteiger partial charge in [-0.2, -0.15) is 0 Å². The number of unbranched alkanes of at least 4 members (excludes halogenated alkanes) is 13. The molecule has 2 aliphatic heterocycles. The van der Waals surface area contributed by atoms with Crippen LogP contribution in [0.2, 0.25) is 0 Å². The fraction of sp³-hybridized carbons (Fsp3) is 0.667. The van der Waals surface area contributed by atoms with E-state index in [1.54, 1.807) is 22.2 Å². The van der Waals surface area contributed by atoms with Gasteiger partial charge >= 0.3 is 0 Å². The van der Waals surface area contributed by atoms with Gasteiger partial charge < -0.3 is 0 Å². The Morgan fingerprint density at radius 2 is 0.875 bits per heavy atom. The van der Waals surface area contributed by atoms with Crippen LogP contribution in [0.5, 0.6) is 0 Å². The molecular weight excluding hydrogens is 733 g/mol. The number of amides is 2. The summed E-state index contributed by atoms with van der Waals surface area (Å²) >= 11 is 39.0. The lowest BCUT2D eigenvalue weighted by Gasteiger charge is -2.26. The van der Waals surface area contributed by atoms with Gasteiger partial charge in [0.2, 0.25) is 11.8 Å². The van der Waals surface area contributed by atoms with Gasteiger partial charge in [-0.05, 0) is 37.1 Å². The van der Waals surface area contributed by atoms with Crippen LogP contribution in [0.25, 0.3) is 0 Å². The number of carbonyl (C=O) groups is 2. The highest BCUT2D eigenvalue weighted by molar-refractivity contribution is 6.47. The lowest BCUT2D eigenvalue weighted by Crippen LogP contribution is -2.40. The van der Waals surface area contributed by atoms with Crippen LogP contribution in [0.3, 0.4) is 0 Å². The van der Waals surface area contributed by atoms with E-state index in [1.165, 1.54) is 51.4 Å². The van der Waals surface area contributed by atoms with Crippen molar-refractivity contribution in [2.24, 2.45) is 11.8 Å². The summed E-state index contributed by atoms with van der Waals surface area (Å²) in [5.41, 5.74) is 0. The Bertz CT molecular complexity index is 1180. The van der Waals surface area contributed by atoms with Crippen LogP contribution in [0.4, 0.5) is 11.6 Å². The molecule has 0 radical (unpaired) electrons. The molecule has 2 fully saturated rings. The van der Waals surface area contributed by atoms with Crippen molar-refractivity contribution >= 4 is 93.1 Å². The molecule has 12 heteroatoms. The Labute approximate surface area is 316 Å². The van der Waals surface area contributed by atoms with E-state index in [1.807, 2.05) is 36.4 Å². The second kappa shape index (κ2) is 19.6. The number of carbonyl (C=O) groups excluding carboxylic acids is 2. The number of pyridine rings is 2. The first-order valence-corrected chi connectivity index (χ1v) is 20.0. The molecule has 4 rings (SSSR count). The molecule has 0 aliphatic carbocycles. The Morgan fingerprint density at radius 1 is 0.562 bits per heavy atom. The van der Waals surface area contributed by atoms with Gasteiger partial charge in [0.25, 0.3) is 0 Å². The van der Waals surface area contributed by atoms with Gasteiger partial charge in [0, 0.05) is 37.3 Å². The summed E-state index contributed by atoms with van der Waals surface area (Å²) in [6, 6.07) is 11.0. The summed E-state index contributed by atoms with van der Waals surface area (Å²) in [6.45, 7) is 0.761. The molecule has 0 aromatic carbocycles.